The van der Waals surface area contributed by atoms with Gasteiger partial charge in [0.2, 0.25) is 5.91 Å². The number of nitrogens with zero attached hydrogens (tertiary/aromatic N) is 1. The highest BCUT2D eigenvalue weighted by molar-refractivity contribution is 7.99. The number of carbonyl (C=O) groups is 3. The molecule has 0 aromatic carbocycles. The van der Waals surface area contributed by atoms with Crippen molar-refractivity contribution in [2.45, 2.75) is 44.6 Å². The number of hydrogen-bond donors (Lipinski definition) is 3. The number of allylic oxidation sites excluding steroid dienone is 1. The highest BCUT2D eigenvalue weighted by Gasteiger charge is 2.50. The summed E-state index contributed by atoms with van der Waals surface area (Å²) >= 11 is 1.36. The van der Waals surface area contributed by atoms with Gasteiger partial charge in [-0.25, -0.2) is 14.6 Å². The molecule has 1 heterocycles. The van der Waals surface area contributed by atoms with E-state index in [1.165, 1.54) is 23.9 Å². The fourth-order valence-corrected chi connectivity index (χ4v) is 3.64. The maximum absolute atomic E-state index is 12.0. The van der Waals surface area contributed by atoms with Gasteiger partial charge in [0.05, 0.1) is 5.56 Å². The predicted molar refractivity (Wildman–Crippen MR) is 102 cm³/mol. The van der Waals surface area contributed by atoms with Gasteiger partial charge in [-0.2, -0.15) is 0 Å². The number of pyridine rings is 1. The largest absolute Gasteiger partial charge is 0.478 e. The van der Waals surface area contributed by atoms with Crippen molar-refractivity contribution < 1.29 is 24.6 Å². The highest BCUT2D eigenvalue weighted by atomic mass is 32.2. The molecular formula is C19H24N2O5S. The summed E-state index contributed by atoms with van der Waals surface area (Å²) in [4.78, 5) is 38.5. The Bertz CT molecular complexity index is 760. The predicted octanol–water partition coefficient (Wildman–Crippen LogP) is 3.17. The monoisotopic (exact) mass is 392 g/mol. The van der Waals surface area contributed by atoms with Gasteiger partial charge in [-0.05, 0) is 49.0 Å². The van der Waals surface area contributed by atoms with E-state index in [-0.39, 0.29) is 28.5 Å². The maximum Gasteiger partial charge on any atom is 0.352 e. The molecule has 27 heavy (non-hydrogen) atoms. The quantitative estimate of drug-likeness (QED) is 0.318. The number of carboxylic acids is 2. The van der Waals surface area contributed by atoms with Crippen LogP contribution in [-0.2, 0) is 9.59 Å². The lowest BCUT2D eigenvalue weighted by molar-refractivity contribution is -0.135. The molecule has 1 atom stereocenters. The molecule has 1 aliphatic carbocycles. The molecule has 0 bridgehead atoms. The molecule has 8 heteroatoms. The highest BCUT2D eigenvalue weighted by Crippen LogP contribution is 2.51. The second-order valence-corrected chi connectivity index (χ2v) is 8.25. The van der Waals surface area contributed by atoms with Crippen molar-refractivity contribution in [1.82, 2.24) is 10.3 Å². The van der Waals surface area contributed by atoms with E-state index in [4.69, 9.17) is 5.11 Å². The number of nitrogens with one attached hydrogen (secondary N) is 1. The van der Waals surface area contributed by atoms with E-state index >= 15 is 0 Å². The van der Waals surface area contributed by atoms with Crippen LogP contribution in [0.2, 0.25) is 0 Å². The number of amides is 1. The second-order valence-electron chi connectivity index (χ2n) is 7.16. The Hall–Kier alpha value is -2.35. The van der Waals surface area contributed by atoms with E-state index < -0.39 is 11.9 Å². The van der Waals surface area contributed by atoms with E-state index in [1.54, 1.807) is 12.3 Å². The molecule has 3 N–H and O–H groups in total. The Morgan fingerprint density at radius 1 is 1.33 bits per heavy atom. The third kappa shape index (κ3) is 6.09. The smallest absolute Gasteiger partial charge is 0.352 e. The number of carboxylic acid groups (broad SMARTS) is 2. The van der Waals surface area contributed by atoms with Crippen molar-refractivity contribution in [2.24, 2.45) is 11.3 Å². The van der Waals surface area contributed by atoms with E-state index in [0.717, 1.165) is 19.3 Å². The van der Waals surface area contributed by atoms with Crippen LogP contribution in [0.15, 0.2) is 35.1 Å². The first-order valence-corrected chi connectivity index (χ1v) is 9.76. The minimum absolute atomic E-state index is 0.0504. The Morgan fingerprint density at radius 3 is 2.63 bits per heavy atom. The first-order chi connectivity index (χ1) is 12.7. The molecular weight excluding hydrogens is 368 g/mol. The molecule has 1 aromatic heterocycles. The minimum atomic E-state index is -1.14. The number of carbonyl (C=O) groups excluding carboxylic acids is 1. The zero-order valence-electron chi connectivity index (χ0n) is 15.4. The fourth-order valence-electron chi connectivity index (χ4n) is 2.66. The van der Waals surface area contributed by atoms with Crippen molar-refractivity contribution in [1.29, 1.82) is 0 Å². The molecule has 7 nitrogen and oxygen atoms in total. The van der Waals surface area contributed by atoms with Crippen LogP contribution in [0.4, 0.5) is 0 Å². The standard InChI is InChI=1S/C19H24N2O5S/c1-19(2)11-13(19)15(22)21-14(18(25)26)8-4-3-5-10-27-16-12(17(23)24)7-6-9-20-16/h6-9,13H,3-5,10-11H2,1-2H3,(H,21,22)(H,23,24)(H,25,26). The Morgan fingerprint density at radius 2 is 2.04 bits per heavy atom. The molecule has 1 amide bonds. The van der Waals surface area contributed by atoms with Crippen molar-refractivity contribution in [3.05, 3.63) is 35.7 Å². The van der Waals surface area contributed by atoms with Crippen LogP contribution in [-0.4, -0.2) is 38.8 Å². The normalized spacial score (nSPS) is 18.0. The van der Waals surface area contributed by atoms with Crippen LogP contribution in [0.25, 0.3) is 0 Å². The van der Waals surface area contributed by atoms with E-state index in [1.807, 2.05) is 13.8 Å². The van der Waals surface area contributed by atoms with E-state index in [9.17, 15) is 19.5 Å². The van der Waals surface area contributed by atoms with Gasteiger partial charge in [0.1, 0.15) is 10.7 Å². The van der Waals surface area contributed by atoms with Gasteiger partial charge in [0.15, 0.2) is 0 Å². The van der Waals surface area contributed by atoms with Gasteiger partial charge >= 0.3 is 11.9 Å². The lowest BCUT2D eigenvalue weighted by Crippen LogP contribution is -2.29. The molecule has 1 fully saturated rings. The van der Waals surface area contributed by atoms with Gasteiger partial charge < -0.3 is 15.5 Å². The van der Waals surface area contributed by atoms with Gasteiger partial charge in [0, 0.05) is 12.1 Å². The summed E-state index contributed by atoms with van der Waals surface area (Å²) in [5.74, 6) is -1.83. The average molecular weight is 392 g/mol. The number of rotatable bonds is 10. The topological polar surface area (TPSA) is 117 Å². The first kappa shape index (κ1) is 21.0. The van der Waals surface area contributed by atoms with Crippen molar-refractivity contribution >= 4 is 29.6 Å². The van der Waals surface area contributed by atoms with E-state index in [2.05, 4.69) is 10.3 Å². The molecule has 1 unspecified atom stereocenters. The number of hydrogen-bond acceptors (Lipinski definition) is 5. The number of aliphatic carboxylic acids is 1. The third-order valence-corrected chi connectivity index (χ3v) is 5.60. The Balaban J connectivity index is 1.76. The fraction of sp³-hybridized carbons (Fsp3) is 0.474. The molecule has 0 radical (unpaired) electrons. The summed E-state index contributed by atoms with van der Waals surface area (Å²) in [6.45, 7) is 3.97. The summed E-state index contributed by atoms with van der Waals surface area (Å²) in [7, 11) is 0. The first-order valence-electron chi connectivity index (χ1n) is 8.78. The van der Waals surface area contributed by atoms with Crippen molar-refractivity contribution in [3.8, 4) is 0 Å². The summed E-state index contributed by atoms with van der Waals surface area (Å²) in [6.07, 6.45) is 5.88. The number of thioether (sulfide) groups is 1. The molecule has 0 spiro atoms. The van der Waals surface area contributed by atoms with Crippen molar-refractivity contribution in [3.63, 3.8) is 0 Å². The van der Waals surface area contributed by atoms with Crippen LogP contribution in [0.1, 0.15) is 49.9 Å². The van der Waals surface area contributed by atoms with Gasteiger partial charge in [-0.3, -0.25) is 4.79 Å². The van der Waals surface area contributed by atoms with Crippen LogP contribution >= 0.6 is 11.8 Å². The molecule has 1 saturated carbocycles. The number of aromatic nitrogens is 1. The summed E-state index contributed by atoms with van der Waals surface area (Å²) in [6, 6.07) is 3.10. The van der Waals surface area contributed by atoms with Gasteiger partial charge in [-0.1, -0.05) is 19.9 Å². The lowest BCUT2D eigenvalue weighted by Gasteiger charge is -2.07. The van der Waals surface area contributed by atoms with Crippen LogP contribution in [0, 0.1) is 11.3 Å². The number of aromatic carboxylic acids is 1. The second kappa shape index (κ2) is 9.03. The van der Waals surface area contributed by atoms with E-state index in [0.29, 0.717) is 17.2 Å². The van der Waals surface area contributed by atoms with Crippen LogP contribution in [0.3, 0.4) is 0 Å². The third-order valence-electron chi connectivity index (χ3n) is 4.51. The molecule has 0 aliphatic heterocycles. The number of unbranched alkanes of at least 4 members (excludes halogenated alkanes) is 2. The summed E-state index contributed by atoms with van der Waals surface area (Å²) in [5, 5.41) is 21.3. The van der Waals surface area contributed by atoms with Crippen LogP contribution < -0.4 is 5.32 Å². The molecule has 146 valence electrons. The average Bonchev–Trinajstić information content (AvgIpc) is 3.25. The van der Waals surface area contributed by atoms with Gasteiger partial charge in [0.25, 0.3) is 0 Å². The minimum Gasteiger partial charge on any atom is -0.478 e. The zero-order valence-corrected chi connectivity index (χ0v) is 16.2. The summed E-state index contributed by atoms with van der Waals surface area (Å²) in [5.41, 5.74) is 0.0556. The molecule has 0 saturated heterocycles. The summed E-state index contributed by atoms with van der Waals surface area (Å²) < 4.78 is 0. The maximum atomic E-state index is 12.0. The molecule has 1 aromatic rings. The Kier molecular flexibility index (Phi) is 7.01. The van der Waals surface area contributed by atoms with Gasteiger partial charge in [-0.15, -0.1) is 11.8 Å². The van der Waals surface area contributed by atoms with Crippen molar-refractivity contribution in [2.75, 3.05) is 5.75 Å². The SMILES string of the molecule is CC1(C)CC1C(=O)NC(=CCCCCSc1ncccc1C(=O)O)C(=O)O. The molecule has 1 aliphatic rings. The zero-order chi connectivity index (χ0) is 20.0. The molecule has 2 rings (SSSR count). The lowest BCUT2D eigenvalue weighted by atomic mass is 10.1. The Labute approximate surface area is 162 Å². The van der Waals surface area contributed by atoms with Crippen LogP contribution in [0.5, 0.6) is 0 Å².